The van der Waals surface area contributed by atoms with Crippen molar-refractivity contribution >= 4 is 21.5 Å². The minimum absolute atomic E-state index is 0.163. The summed E-state index contributed by atoms with van der Waals surface area (Å²) in [6, 6.07) is 14.9. The van der Waals surface area contributed by atoms with Crippen LogP contribution in [0.4, 0.5) is 0 Å². The van der Waals surface area contributed by atoms with Crippen molar-refractivity contribution in [2.24, 2.45) is 0 Å². The number of ether oxygens (including phenoxy) is 4. The standard InChI is InChI=1S/C24H26O4/c1-4-16-9-10-19-20(11-16)22(26-13-24(3)15-28-24)18-8-6-5-7-17(18)21(19)25-12-23(2)14-27-23/h5-11H,4,12-15H2,1-3H3. The molecule has 0 aliphatic carbocycles. The zero-order valence-corrected chi connectivity index (χ0v) is 16.7. The molecule has 0 saturated carbocycles. The van der Waals surface area contributed by atoms with E-state index in [1.807, 2.05) is 6.07 Å². The molecule has 3 aromatic rings. The Morgan fingerprint density at radius 1 is 0.786 bits per heavy atom. The van der Waals surface area contributed by atoms with Gasteiger partial charge in [0.1, 0.15) is 35.9 Å². The monoisotopic (exact) mass is 378 g/mol. The maximum Gasteiger partial charge on any atom is 0.135 e. The molecule has 2 atom stereocenters. The van der Waals surface area contributed by atoms with Crippen LogP contribution in [-0.2, 0) is 15.9 Å². The molecular weight excluding hydrogens is 352 g/mol. The quantitative estimate of drug-likeness (QED) is 0.434. The second kappa shape index (κ2) is 6.36. The average molecular weight is 378 g/mol. The van der Waals surface area contributed by atoms with Gasteiger partial charge < -0.3 is 18.9 Å². The molecule has 2 unspecified atom stereocenters. The zero-order valence-electron chi connectivity index (χ0n) is 16.7. The van der Waals surface area contributed by atoms with Crippen LogP contribution in [0.25, 0.3) is 21.5 Å². The lowest BCUT2D eigenvalue weighted by Crippen LogP contribution is -2.18. The van der Waals surface area contributed by atoms with Gasteiger partial charge in [0.25, 0.3) is 0 Å². The number of aryl methyl sites for hydroxylation is 1. The first-order chi connectivity index (χ1) is 13.5. The van der Waals surface area contributed by atoms with Crippen LogP contribution in [0.5, 0.6) is 11.5 Å². The van der Waals surface area contributed by atoms with Gasteiger partial charge in [-0.15, -0.1) is 0 Å². The van der Waals surface area contributed by atoms with Crippen LogP contribution in [-0.4, -0.2) is 37.6 Å². The van der Waals surface area contributed by atoms with Gasteiger partial charge in [0.05, 0.1) is 13.2 Å². The van der Waals surface area contributed by atoms with E-state index in [4.69, 9.17) is 18.9 Å². The van der Waals surface area contributed by atoms with Crippen molar-refractivity contribution in [2.75, 3.05) is 26.4 Å². The summed E-state index contributed by atoms with van der Waals surface area (Å²) in [4.78, 5) is 0. The molecule has 4 nitrogen and oxygen atoms in total. The van der Waals surface area contributed by atoms with Crippen molar-refractivity contribution in [1.29, 1.82) is 0 Å². The Labute approximate surface area is 165 Å². The Kier molecular flexibility index (Phi) is 4.04. The molecule has 0 radical (unpaired) electrons. The topological polar surface area (TPSA) is 43.5 Å². The third kappa shape index (κ3) is 3.21. The van der Waals surface area contributed by atoms with Crippen molar-refractivity contribution in [2.45, 2.75) is 38.4 Å². The number of benzene rings is 3. The van der Waals surface area contributed by atoms with Crippen molar-refractivity contribution in [1.82, 2.24) is 0 Å². The lowest BCUT2D eigenvalue weighted by Gasteiger charge is -2.20. The molecule has 0 N–H and O–H groups in total. The Balaban J connectivity index is 1.68. The minimum atomic E-state index is -0.164. The fourth-order valence-electron chi connectivity index (χ4n) is 3.54. The number of hydrogen-bond acceptors (Lipinski definition) is 4. The third-order valence-electron chi connectivity index (χ3n) is 5.72. The van der Waals surface area contributed by atoms with Crippen molar-refractivity contribution in [3.05, 3.63) is 48.0 Å². The van der Waals surface area contributed by atoms with E-state index in [0.717, 1.165) is 52.7 Å². The maximum atomic E-state index is 6.37. The van der Waals surface area contributed by atoms with Gasteiger partial charge in [-0.05, 0) is 31.9 Å². The first kappa shape index (κ1) is 17.8. The highest BCUT2D eigenvalue weighted by molar-refractivity contribution is 6.11. The summed E-state index contributed by atoms with van der Waals surface area (Å²) in [5.74, 6) is 1.82. The van der Waals surface area contributed by atoms with E-state index >= 15 is 0 Å². The predicted octanol–water partition coefficient (Wildman–Crippen LogP) is 4.89. The van der Waals surface area contributed by atoms with Crippen LogP contribution in [0.3, 0.4) is 0 Å². The molecule has 2 aliphatic rings. The van der Waals surface area contributed by atoms with Gasteiger partial charge in [-0.25, -0.2) is 0 Å². The summed E-state index contributed by atoms with van der Waals surface area (Å²) in [6.07, 6.45) is 0.977. The maximum absolute atomic E-state index is 6.37. The highest BCUT2D eigenvalue weighted by Crippen LogP contribution is 2.44. The first-order valence-electron chi connectivity index (χ1n) is 10.0. The molecule has 146 valence electrons. The number of rotatable bonds is 7. The Morgan fingerprint density at radius 3 is 1.79 bits per heavy atom. The first-order valence-corrected chi connectivity index (χ1v) is 10.0. The van der Waals surface area contributed by atoms with E-state index in [2.05, 4.69) is 57.2 Å². The van der Waals surface area contributed by atoms with Gasteiger partial charge in [0, 0.05) is 21.5 Å². The van der Waals surface area contributed by atoms with E-state index in [1.54, 1.807) is 0 Å². The molecule has 28 heavy (non-hydrogen) atoms. The summed E-state index contributed by atoms with van der Waals surface area (Å²) in [5, 5.41) is 4.32. The van der Waals surface area contributed by atoms with Gasteiger partial charge in [0.2, 0.25) is 0 Å². The Morgan fingerprint density at radius 2 is 1.29 bits per heavy atom. The molecule has 4 heteroatoms. The highest BCUT2D eigenvalue weighted by atomic mass is 16.6. The number of hydrogen-bond donors (Lipinski definition) is 0. The lowest BCUT2D eigenvalue weighted by molar-refractivity contribution is 0.203. The molecule has 3 aromatic carbocycles. The largest absolute Gasteiger partial charge is 0.489 e. The molecule has 0 amide bonds. The molecule has 5 rings (SSSR count). The summed E-state index contributed by atoms with van der Waals surface area (Å²) in [5.41, 5.74) is 0.956. The van der Waals surface area contributed by atoms with Crippen LogP contribution < -0.4 is 9.47 Å². The van der Waals surface area contributed by atoms with Crippen LogP contribution in [0.15, 0.2) is 42.5 Å². The van der Waals surface area contributed by atoms with E-state index in [0.29, 0.717) is 13.2 Å². The normalized spacial score (nSPS) is 25.8. The Hall–Kier alpha value is -2.30. The van der Waals surface area contributed by atoms with Crippen LogP contribution in [0, 0.1) is 0 Å². The minimum Gasteiger partial charge on any atom is -0.489 e. The second-order valence-electron chi connectivity index (χ2n) is 8.49. The molecule has 0 aromatic heterocycles. The number of epoxide rings is 2. The van der Waals surface area contributed by atoms with Gasteiger partial charge in [-0.1, -0.05) is 43.3 Å². The van der Waals surface area contributed by atoms with E-state index in [9.17, 15) is 0 Å². The van der Waals surface area contributed by atoms with Crippen LogP contribution in [0.2, 0.25) is 0 Å². The molecule has 2 fully saturated rings. The summed E-state index contributed by atoms with van der Waals surface area (Å²) < 4.78 is 23.8. The highest BCUT2D eigenvalue weighted by Gasteiger charge is 2.41. The summed E-state index contributed by atoms with van der Waals surface area (Å²) in [6.45, 7) is 8.95. The second-order valence-corrected chi connectivity index (χ2v) is 8.49. The van der Waals surface area contributed by atoms with Gasteiger partial charge in [-0.2, -0.15) is 0 Å². The number of fused-ring (bicyclic) bond motifs is 2. The third-order valence-corrected chi connectivity index (χ3v) is 5.72. The Bertz CT molecular complexity index is 1050. The van der Waals surface area contributed by atoms with Crippen molar-refractivity contribution in [3.8, 4) is 11.5 Å². The molecule has 2 heterocycles. The molecular formula is C24H26O4. The predicted molar refractivity (Wildman–Crippen MR) is 111 cm³/mol. The summed E-state index contributed by atoms with van der Waals surface area (Å²) >= 11 is 0. The fraction of sp³-hybridized carbons (Fsp3) is 0.417. The van der Waals surface area contributed by atoms with Crippen molar-refractivity contribution in [3.63, 3.8) is 0 Å². The SMILES string of the molecule is CCc1ccc2c(OCC3(C)CO3)c3ccccc3c(OCC3(C)CO3)c2c1. The van der Waals surface area contributed by atoms with Crippen LogP contribution in [0.1, 0.15) is 26.3 Å². The molecule has 0 spiro atoms. The zero-order chi connectivity index (χ0) is 19.4. The summed E-state index contributed by atoms with van der Waals surface area (Å²) in [7, 11) is 0. The van der Waals surface area contributed by atoms with E-state index < -0.39 is 0 Å². The van der Waals surface area contributed by atoms with E-state index in [-0.39, 0.29) is 11.2 Å². The van der Waals surface area contributed by atoms with Gasteiger partial charge in [0.15, 0.2) is 0 Å². The van der Waals surface area contributed by atoms with Crippen LogP contribution >= 0.6 is 0 Å². The molecule has 2 saturated heterocycles. The van der Waals surface area contributed by atoms with Crippen molar-refractivity contribution < 1.29 is 18.9 Å². The van der Waals surface area contributed by atoms with E-state index in [1.165, 1.54) is 5.56 Å². The fourth-order valence-corrected chi connectivity index (χ4v) is 3.54. The molecule has 2 aliphatic heterocycles. The lowest BCUT2D eigenvalue weighted by atomic mass is 9.98. The van der Waals surface area contributed by atoms with Gasteiger partial charge >= 0.3 is 0 Å². The smallest absolute Gasteiger partial charge is 0.135 e. The van der Waals surface area contributed by atoms with Gasteiger partial charge in [-0.3, -0.25) is 0 Å². The molecule has 0 bridgehead atoms. The average Bonchev–Trinajstić information content (AvgIpc) is 3.63.